The van der Waals surface area contributed by atoms with Crippen molar-refractivity contribution in [3.63, 3.8) is 0 Å². The minimum atomic E-state index is -0.420. The van der Waals surface area contributed by atoms with Crippen molar-refractivity contribution in [3.8, 4) is 5.75 Å². The van der Waals surface area contributed by atoms with Gasteiger partial charge in [0.15, 0.2) is 0 Å². The van der Waals surface area contributed by atoms with E-state index in [2.05, 4.69) is 15.8 Å². The zero-order chi connectivity index (χ0) is 16.8. The molecule has 2 aromatic heterocycles. The van der Waals surface area contributed by atoms with Gasteiger partial charge in [0.05, 0.1) is 0 Å². The van der Waals surface area contributed by atoms with E-state index in [1.54, 1.807) is 53.9 Å². The second-order valence-corrected chi connectivity index (χ2v) is 5.92. The van der Waals surface area contributed by atoms with Crippen LogP contribution in [0.5, 0.6) is 5.75 Å². The molecule has 0 radical (unpaired) electrons. The summed E-state index contributed by atoms with van der Waals surface area (Å²) in [4.78, 5) is 27.7. The number of carbonyl (C=O) groups excluding carboxylic acids is 2. The van der Waals surface area contributed by atoms with Crippen LogP contribution in [-0.2, 0) is 6.61 Å². The summed E-state index contributed by atoms with van der Waals surface area (Å²) in [5.41, 5.74) is 5.48. The summed E-state index contributed by atoms with van der Waals surface area (Å²) in [7, 11) is 0. The molecule has 0 bridgehead atoms. The maximum atomic E-state index is 12.1. The Morgan fingerprint density at radius 2 is 1.92 bits per heavy atom. The van der Waals surface area contributed by atoms with Gasteiger partial charge in [-0.25, -0.2) is 0 Å². The van der Waals surface area contributed by atoms with E-state index in [0.717, 1.165) is 4.88 Å². The van der Waals surface area contributed by atoms with Crippen molar-refractivity contribution in [2.24, 2.45) is 0 Å². The third-order valence-corrected chi connectivity index (χ3v) is 4.04. The molecule has 2 heterocycles. The average Bonchev–Trinajstić information content (AvgIpc) is 3.31. The molecule has 0 aliphatic rings. The quantitative estimate of drug-likeness (QED) is 0.624. The topological polar surface area (TPSA) is 83.2 Å². The Labute approximate surface area is 142 Å². The van der Waals surface area contributed by atoms with E-state index in [-0.39, 0.29) is 0 Å². The van der Waals surface area contributed by atoms with Crippen LogP contribution < -0.4 is 15.6 Å². The molecule has 3 aromatic rings. The van der Waals surface area contributed by atoms with Gasteiger partial charge in [-0.05, 0) is 41.8 Å². The molecule has 1 aromatic carbocycles. The highest BCUT2D eigenvalue weighted by atomic mass is 32.1. The molecule has 3 rings (SSSR count). The van der Waals surface area contributed by atoms with Gasteiger partial charge in [0, 0.05) is 16.6 Å². The molecule has 0 fully saturated rings. The van der Waals surface area contributed by atoms with Gasteiger partial charge in [0.1, 0.15) is 18.1 Å². The number of aromatic nitrogens is 1. The van der Waals surface area contributed by atoms with Crippen molar-refractivity contribution in [2.45, 2.75) is 6.61 Å². The van der Waals surface area contributed by atoms with Crippen LogP contribution in [0, 0.1) is 0 Å². The summed E-state index contributed by atoms with van der Waals surface area (Å²) in [6.07, 6.45) is 1.63. The van der Waals surface area contributed by atoms with Crippen molar-refractivity contribution in [2.75, 3.05) is 0 Å². The zero-order valence-electron chi connectivity index (χ0n) is 12.6. The van der Waals surface area contributed by atoms with E-state index >= 15 is 0 Å². The number of nitrogens with one attached hydrogen (secondary N) is 3. The fourth-order valence-electron chi connectivity index (χ4n) is 2.00. The van der Waals surface area contributed by atoms with E-state index < -0.39 is 11.8 Å². The van der Waals surface area contributed by atoms with E-state index in [4.69, 9.17) is 4.74 Å². The number of thiophene rings is 1. The molecule has 0 aliphatic heterocycles. The second kappa shape index (κ2) is 7.47. The minimum Gasteiger partial charge on any atom is -0.488 e. The van der Waals surface area contributed by atoms with Gasteiger partial charge < -0.3 is 9.72 Å². The number of hydrogen-bond donors (Lipinski definition) is 3. The number of aromatic amines is 1. The average molecular weight is 341 g/mol. The molecule has 0 aliphatic carbocycles. The molecular weight excluding hydrogens is 326 g/mol. The summed E-state index contributed by atoms with van der Waals surface area (Å²) >= 11 is 1.61. The van der Waals surface area contributed by atoms with Gasteiger partial charge in [-0.3, -0.25) is 20.4 Å². The number of benzene rings is 1. The molecule has 3 N–H and O–H groups in total. The van der Waals surface area contributed by atoms with Crippen LogP contribution in [0.25, 0.3) is 0 Å². The number of hydrogen-bond acceptors (Lipinski definition) is 4. The number of hydrazine groups is 1. The van der Waals surface area contributed by atoms with Gasteiger partial charge in [-0.15, -0.1) is 11.3 Å². The Morgan fingerprint density at radius 3 is 2.67 bits per heavy atom. The number of H-pyrrole nitrogens is 1. The fourth-order valence-corrected chi connectivity index (χ4v) is 2.62. The van der Waals surface area contributed by atoms with Crippen molar-refractivity contribution < 1.29 is 14.3 Å². The van der Waals surface area contributed by atoms with Crippen molar-refractivity contribution in [1.82, 2.24) is 15.8 Å². The summed E-state index contributed by atoms with van der Waals surface area (Å²) in [5, 5.41) is 1.98. The smallest absolute Gasteiger partial charge is 0.286 e. The van der Waals surface area contributed by atoms with E-state index in [0.29, 0.717) is 23.6 Å². The van der Waals surface area contributed by atoms with Gasteiger partial charge in [-0.1, -0.05) is 12.1 Å². The molecule has 0 saturated carbocycles. The fraction of sp³-hybridized carbons (Fsp3) is 0.0588. The largest absolute Gasteiger partial charge is 0.488 e. The van der Waals surface area contributed by atoms with E-state index in [1.165, 1.54) is 0 Å². The molecule has 0 spiro atoms. The lowest BCUT2D eigenvalue weighted by Crippen LogP contribution is -2.41. The highest BCUT2D eigenvalue weighted by molar-refractivity contribution is 7.09. The summed E-state index contributed by atoms with van der Waals surface area (Å²) < 4.78 is 5.66. The maximum Gasteiger partial charge on any atom is 0.286 e. The predicted octanol–water partition coefficient (Wildman–Crippen LogP) is 2.73. The third-order valence-electron chi connectivity index (χ3n) is 3.19. The van der Waals surface area contributed by atoms with Crippen molar-refractivity contribution in [1.29, 1.82) is 0 Å². The zero-order valence-corrected chi connectivity index (χ0v) is 13.4. The Balaban J connectivity index is 1.56. The Kier molecular flexibility index (Phi) is 4.93. The Morgan fingerprint density at radius 1 is 1.04 bits per heavy atom. The monoisotopic (exact) mass is 341 g/mol. The second-order valence-electron chi connectivity index (χ2n) is 4.89. The first-order valence-corrected chi connectivity index (χ1v) is 8.09. The van der Waals surface area contributed by atoms with Crippen LogP contribution in [0.1, 0.15) is 25.7 Å². The third kappa shape index (κ3) is 4.02. The predicted molar refractivity (Wildman–Crippen MR) is 90.8 cm³/mol. The van der Waals surface area contributed by atoms with Gasteiger partial charge in [-0.2, -0.15) is 0 Å². The molecule has 0 unspecified atom stereocenters. The first-order valence-electron chi connectivity index (χ1n) is 7.22. The summed E-state index contributed by atoms with van der Waals surface area (Å²) in [6.45, 7) is 0.451. The Hall–Kier alpha value is -3.06. The van der Waals surface area contributed by atoms with Crippen LogP contribution in [0.3, 0.4) is 0 Å². The number of ether oxygens (including phenoxy) is 1. The van der Waals surface area contributed by atoms with Crippen LogP contribution in [-0.4, -0.2) is 16.8 Å². The molecule has 0 atom stereocenters. The molecule has 122 valence electrons. The molecule has 6 nitrogen and oxygen atoms in total. The van der Waals surface area contributed by atoms with Gasteiger partial charge in [0.2, 0.25) is 0 Å². The first kappa shape index (κ1) is 15.8. The molecule has 24 heavy (non-hydrogen) atoms. The number of rotatable bonds is 5. The van der Waals surface area contributed by atoms with Crippen LogP contribution in [0.4, 0.5) is 0 Å². The van der Waals surface area contributed by atoms with Crippen LogP contribution in [0.2, 0.25) is 0 Å². The summed E-state index contributed by atoms with van der Waals surface area (Å²) in [5.74, 6) is -0.248. The SMILES string of the molecule is O=C(NNC(=O)c1ccc[nH]1)c1cccc(OCc2cccs2)c1. The van der Waals surface area contributed by atoms with Crippen molar-refractivity contribution >= 4 is 23.2 Å². The van der Waals surface area contributed by atoms with Gasteiger partial charge >= 0.3 is 0 Å². The molecular formula is C17H15N3O3S. The molecule has 0 saturated heterocycles. The highest BCUT2D eigenvalue weighted by Gasteiger charge is 2.10. The lowest BCUT2D eigenvalue weighted by atomic mass is 10.2. The molecule has 7 heteroatoms. The Bertz CT molecular complexity index is 813. The number of amides is 2. The number of carbonyl (C=O) groups is 2. The van der Waals surface area contributed by atoms with Crippen LogP contribution in [0.15, 0.2) is 60.1 Å². The lowest BCUT2D eigenvalue weighted by molar-refractivity contribution is 0.0844. The van der Waals surface area contributed by atoms with E-state index in [1.807, 2.05) is 17.5 Å². The minimum absolute atomic E-state index is 0.364. The highest BCUT2D eigenvalue weighted by Crippen LogP contribution is 2.17. The maximum absolute atomic E-state index is 12.1. The lowest BCUT2D eigenvalue weighted by Gasteiger charge is -2.09. The summed E-state index contributed by atoms with van der Waals surface area (Å²) in [6, 6.07) is 14.0. The van der Waals surface area contributed by atoms with E-state index in [9.17, 15) is 9.59 Å². The van der Waals surface area contributed by atoms with Crippen LogP contribution >= 0.6 is 11.3 Å². The van der Waals surface area contributed by atoms with Gasteiger partial charge in [0.25, 0.3) is 11.8 Å². The first-order chi connectivity index (χ1) is 11.7. The standard InChI is InChI=1S/C17H15N3O3S/c21-16(19-20-17(22)15-7-2-8-18-15)12-4-1-5-13(10-12)23-11-14-6-3-9-24-14/h1-10,18H,11H2,(H,19,21)(H,20,22). The van der Waals surface area contributed by atoms with Crippen molar-refractivity contribution in [3.05, 3.63) is 76.2 Å². The molecule has 2 amide bonds. The normalized spacial score (nSPS) is 10.2.